The van der Waals surface area contributed by atoms with Gasteiger partial charge >= 0.3 is 0 Å². The highest BCUT2D eigenvalue weighted by Gasteiger charge is 2.39. The van der Waals surface area contributed by atoms with Gasteiger partial charge in [-0.25, -0.2) is 4.74 Å². The second kappa shape index (κ2) is 10.0. The van der Waals surface area contributed by atoms with Gasteiger partial charge in [-0.15, -0.1) is 0 Å². The number of nitro benzene ring substituents is 1. The monoisotopic (exact) mass is 589 g/mol. The molecular weight excluding hydrogens is 561 g/mol. The number of aromatic nitrogens is 1. The van der Waals surface area contributed by atoms with E-state index in [0.717, 1.165) is 21.7 Å². The van der Waals surface area contributed by atoms with Gasteiger partial charge in [0.25, 0.3) is 5.69 Å². The molecule has 0 aliphatic carbocycles. The molecule has 0 N–H and O–H groups in total. The summed E-state index contributed by atoms with van der Waals surface area (Å²) in [6.45, 7) is 9.46. The van der Waals surface area contributed by atoms with Gasteiger partial charge in [-0.05, 0) is 61.5 Å². The number of non-ortho nitro benzene ring substituents is 1. The van der Waals surface area contributed by atoms with Crippen molar-refractivity contribution in [1.29, 1.82) is 0 Å². The quantitative estimate of drug-likeness (QED) is 0.112. The van der Waals surface area contributed by atoms with E-state index >= 15 is 0 Å². The Morgan fingerprint density at radius 2 is 1.63 bits per heavy atom. The first-order valence-corrected chi connectivity index (χ1v) is 14.9. The van der Waals surface area contributed by atoms with E-state index in [1.807, 2.05) is 24.3 Å². The maximum Gasteiger partial charge on any atom is 0.269 e. The van der Waals surface area contributed by atoms with Crippen molar-refractivity contribution in [2.24, 2.45) is 4.74 Å². The maximum absolute atomic E-state index is 11.3. The van der Waals surface area contributed by atoms with Gasteiger partial charge in [0.05, 0.1) is 10.6 Å². The van der Waals surface area contributed by atoms with Gasteiger partial charge in [0, 0.05) is 55.4 Å². The average molecular weight is 590 g/mol. The molecule has 8 heteroatoms. The molecule has 0 aliphatic heterocycles. The van der Waals surface area contributed by atoms with E-state index in [-0.39, 0.29) is 5.69 Å². The van der Waals surface area contributed by atoms with Crippen LogP contribution in [-0.4, -0.2) is 14.6 Å². The van der Waals surface area contributed by atoms with Crippen molar-refractivity contribution in [2.75, 3.05) is 0 Å². The smallest absolute Gasteiger partial charge is 0.269 e. The molecule has 0 unspecified atom stereocenters. The van der Waals surface area contributed by atoms with Gasteiger partial charge < -0.3 is 9.09 Å². The predicted octanol–water partition coefficient (Wildman–Crippen LogP) is 9.44. The van der Waals surface area contributed by atoms with Gasteiger partial charge in [0.15, 0.2) is 7.28 Å². The van der Waals surface area contributed by atoms with Crippen LogP contribution in [0.3, 0.4) is 0 Å². The van der Waals surface area contributed by atoms with Crippen molar-refractivity contribution in [1.82, 2.24) is 4.57 Å². The molecule has 194 valence electrons. The summed E-state index contributed by atoms with van der Waals surface area (Å²) in [5.74, 6) is 0.712. The van der Waals surface area contributed by atoms with Crippen LogP contribution >= 0.6 is 23.2 Å². The second-order valence-corrected chi connectivity index (χ2v) is 14.4. The molecule has 1 aromatic heterocycles. The molecule has 5 rings (SSSR count). The van der Waals surface area contributed by atoms with E-state index in [0.29, 0.717) is 11.4 Å². The molecular formula is C30H29BrN3O3P. The number of rotatable bonds is 6. The Morgan fingerprint density at radius 1 is 0.921 bits per heavy atom. The van der Waals surface area contributed by atoms with Crippen molar-refractivity contribution in [3.8, 4) is 5.75 Å². The van der Waals surface area contributed by atoms with E-state index in [4.69, 9.17) is 9.27 Å². The Balaban J connectivity index is 1.83. The highest BCUT2D eigenvalue weighted by molar-refractivity contribution is 9.10. The minimum Gasteiger partial charge on any atom is -0.455 e. The number of halogens is 1. The lowest BCUT2D eigenvalue weighted by molar-refractivity contribution is -0.384. The molecule has 0 saturated heterocycles. The molecule has 1 atom stereocenters. The van der Waals surface area contributed by atoms with Crippen LogP contribution in [0.2, 0.25) is 0 Å². The fourth-order valence-electron chi connectivity index (χ4n) is 4.86. The summed E-state index contributed by atoms with van der Waals surface area (Å²) in [5, 5.41) is 14.2. The number of fused-ring (bicyclic) bond motifs is 3. The lowest BCUT2D eigenvalue weighted by Crippen LogP contribution is -2.27. The van der Waals surface area contributed by atoms with Crippen LogP contribution in [-0.2, 0) is 6.54 Å². The van der Waals surface area contributed by atoms with Gasteiger partial charge in [-0.3, -0.25) is 10.1 Å². The zero-order valence-electron chi connectivity index (χ0n) is 21.8. The zero-order chi connectivity index (χ0) is 27.1. The number of aryl methyl sites for hydroxylation is 1. The second-order valence-electron chi connectivity index (χ2n) is 10.1. The third kappa shape index (κ3) is 4.65. The lowest BCUT2D eigenvalue weighted by Gasteiger charge is -2.37. The minimum atomic E-state index is -2.79. The molecule has 0 aliphatic rings. The van der Waals surface area contributed by atoms with Crippen molar-refractivity contribution < 1.29 is 9.45 Å². The Labute approximate surface area is 230 Å². The molecule has 0 fully saturated rings. The van der Waals surface area contributed by atoms with Gasteiger partial charge in [-0.1, -0.05) is 61.0 Å². The van der Waals surface area contributed by atoms with Crippen LogP contribution in [0.1, 0.15) is 27.7 Å². The predicted molar refractivity (Wildman–Crippen MR) is 161 cm³/mol. The molecule has 0 amide bonds. The number of hydrogen-bond acceptors (Lipinski definition) is 4. The topological polar surface area (TPSA) is 69.7 Å². The van der Waals surface area contributed by atoms with Crippen molar-refractivity contribution >= 4 is 61.7 Å². The summed E-state index contributed by atoms with van der Waals surface area (Å²) in [4.78, 5) is 10.9. The highest BCUT2D eigenvalue weighted by Crippen LogP contribution is 2.62. The highest BCUT2D eigenvalue weighted by atomic mass is 79.9. The van der Waals surface area contributed by atoms with E-state index in [9.17, 15) is 10.1 Å². The number of nitro groups is 1. The van der Waals surface area contributed by atoms with Crippen LogP contribution in [0, 0.1) is 10.1 Å². The summed E-state index contributed by atoms with van der Waals surface area (Å²) in [6, 6.07) is 29.2. The Hall–Kier alpha value is -3.41. The van der Waals surface area contributed by atoms with Crippen LogP contribution in [0.15, 0.2) is 100 Å². The molecule has 6 nitrogen and oxygen atoms in total. The largest absolute Gasteiger partial charge is 0.455 e. The summed E-state index contributed by atoms with van der Waals surface area (Å²) in [6.07, 6.45) is 0. The lowest BCUT2D eigenvalue weighted by atomic mass is 10.1. The Kier molecular flexibility index (Phi) is 6.93. The molecule has 4 aromatic carbocycles. The minimum absolute atomic E-state index is 0.0327. The molecule has 0 spiro atoms. The van der Waals surface area contributed by atoms with E-state index in [2.05, 4.69) is 90.7 Å². The summed E-state index contributed by atoms with van der Waals surface area (Å²) < 4.78 is 15.5. The van der Waals surface area contributed by atoms with Gasteiger partial charge in [0.1, 0.15) is 5.75 Å². The molecule has 0 bridgehead atoms. The molecule has 5 aromatic rings. The standard InChI is InChI=1S/C30H29BrN3O3P/c1-5-33-28-12-7-6-11-26(28)27-20-25(17-18-29(27)33)38(30(2,3)4,37-24-10-8-9-21(31)19-24)32-22-13-15-23(16-14-22)34(35)36/h6-20H,5H2,1-4H3/t38-/m1/s1. The molecule has 0 radical (unpaired) electrons. The normalized spacial score (nSPS) is 13.4. The van der Waals surface area contributed by atoms with Gasteiger partial charge in [0.2, 0.25) is 0 Å². The van der Waals surface area contributed by atoms with E-state index < -0.39 is 17.4 Å². The third-order valence-electron chi connectivity index (χ3n) is 6.68. The van der Waals surface area contributed by atoms with Crippen LogP contribution in [0.4, 0.5) is 11.4 Å². The van der Waals surface area contributed by atoms with Crippen LogP contribution in [0.5, 0.6) is 5.75 Å². The SMILES string of the molecule is CCn1c2ccccc2c2cc([P@@](=Nc3ccc([N+](=O)[O-])cc3)(Oc3cccc(Br)c3)C(C)(C)C)ccc21. The molecule has 38 heavy (non-hydrogen) atoms. The third-order valence-corrected chi connectivity index (χ3v) is 11.0. The number of benzene rings is 4. The molecule has 0 saturated carbocycles. The van der Waals surface area contributed by atoms with E-state index in [1.54, 1.807) is 12.1 Å². The fourth-order valence-corrected chi connectivity index (χ4v) is 8.30. The first kappa shape index (κ1) is 26.2. The first-order chi connectivity index (χ1) is 18.1. The van der Waals surface area contributed by atoms with Crippen molar-refractivity contribution in [3.63, 3.8) is 0 Å². The van der Waals surface area contributed by atoms with E-state index in [1.165, 1.54) is 28.6 Å². The van der Waals surface area contributed by atoms with Crippen LogP contribution < -0.4 is 9.83 Å². The summed E-state index contributed by atoms with van der Waals surface area (Å²) in [5.41, 5.74) is 3.04. The number of hydrogen-bond donors (Lipinski definition) is 0. The van der Waals surface area contributed by atoms with Crippen molar-refractivity contribution in [2.45, 2.75) is 39.4 Å². The zero-order valence-corrected chi connectivity index (χ0v) is 24.2. The first-order valence-electron chi connectivity index (χ1n) is 12.5. The Morgan fingerprint density at radius 3 is 2.29 bits per heavy atom. The molecule has 1 heterocycles. The summed E-state index contributed by atoms with van der Waals surface area (Å²) in [7, 11) is -2.79. The maximum atomic E-state index is 11.3. The summed E-state index contributed by atoms with van der Waals surface area (Å²) >= 11 is 3.57. The fraction of sp³-hybridized carbons (Fsp3) is 0.200. The number of para-hydroxylation sites is 1. The average Bonchev–Trinajstić information content (AvgIpc) is 3.21. The van der Waals surface area contributed by atoms with Crippen LogP contribution in [0.25, 0.3) is 21.8 Å². The van der Waals surface area contributed by atoms with Crippen molar-refractivity contribution in [3.05, 3.63) is 106 Å². The Bertz CT molecular complexity index is 1720. The number of nitrogens with zero attached hydrogens (tertiary/aromatic N) is 3. The van der Waals surface area contributed by atoms with Gasteiger partial charge in [-0.2, -0.15) is 0 Å².